The van der Waals surface area contributed by atoms with E-state index in [4.69, 9.17) is 0 Å². The van der Waals surface area contributed by atoms with Gasteiger partial charge in [0.1, 0.15) is 0 Å². The van der Waals surface area contributed by atoms with Gasteiger partial charge in [-0.3, -0.25) is 9.78 Å². The van der Waals surface area contributed by atoms with Crippen LogP contribution < -0.4 is 10.6 Å². The molecule has 0 aliphatic heterocycles. The number of nitrogens with zero attached hydrogens (tertiary/aromatic N) is 3. The highest BCUT2D eigenvalue weighted by molar-refractivity contribution is 6.05. The van der Waals surface area contributed by atoms with Crippen LogP contribution in [0, 0.1) is 6.92 Å². The maximum Gasteiger partial charge on any atom is 0.270 e. The number of hydrogen-bond acceptors (Lipinski definition) is 5. The lowest BCUT2D eigenvalue weighted by Crippen LogP contribution is -2.14. The summed E-state index contributed by atoms with van der Waals surface area (Å²) in [5.41, 5.74) is 3.58. The molecule has 0 radical (unpaired) electrons. The van der Waals surface area contributed by atoms with Crippen molar-refractivity contribution < 1.29 is 13.6 Å². The van der Waals surface area contributed by atoms with Gasteiger partial charge in [0.2, 0.25) is 5.95 Å². The van der Waals surface area contributed by atoms with E-state index in [9.17, 15) is 13.6 Å². The van der Waals surface area contributed by atoms with E-state index in [0.717, 1.165) is 18.1 Å². The summed E-state index contributed by atoms with van der Waals surface area (Å²) in [6.07, 6.45) is 5.04. The molecule has 0 aliphatic rings. The molecule has 33 heavy (non-hydrogen) atoms. The third-order valence-electron chi connectivity index (χ3n) is 4.99. The Morgan fingerprint density at radius 2 is 1.85 bits per heavy atom. The van der Waals surface area contributed by atoms with Crippen molar-refractivity contribution in [3.8, 4) is 11.3 Å². The van der Waals surface area contributed by atoms with E-state index in [0.29, 0.717) is 28.6 Å². The Kier molecular flexibility index (Phi) is 6.08. The predicted octanol–water partition coefficient (Wildman–Crippen LogP) is 5.95. The quantitative estimate of drug-likeness (QED) is 0.383. The van der Waals surface area contributed by atoms with Gasteiger partial charge >= 0.3 is 0 Å². The molecule has 0 fully saturated rings. The number of carbonyl (C=O) groups is 1. The van der Waals surface area contributed by atoms with Crippen LogP contribution in [0.4, 0.5) is 26.1 Å². The minimum atomic E-state index is -2.99. The number of alkyl halides is 2. The number of halogens is 2. The first-order chi connectivity index (χ1) is 15.8. The highest BCUT2D eigenvalue weighted by atomic mass is 19.3. The number of anilines is 3. The largest absolute Gasteiger partial charge is 0.324 e. The molecule has 0 bridgehead atoms. The summed E-state index contributed by atoms with van der Waals surface area (Å²) in [5.74, 6) is -3.04. The molecule has 2 aromatic heterocycles. The van der Waals surface area contributed by atoms with Gasteiger partial charge in [-0.05, 0) is 55.0 Å². The summed E-state index contributed by atoms with van der Waals surface area (Å²) < 4.78 is 27.2. The molecular formula is C25H21F2N5O. The second-order valence-electron chi connectivity index (χ2n) is 7.59. The Morgan fingerprint density at radius 1 is 1.00 bits per heavy atom. The molecule has 0 saturated carbocycles. The van der Waals surface area contributed by atoms with Gasteiger partial charge < -0.3 is 10.6 Å². The lowest BCUT2D eigenvalue weighted by molar-refractivity contribution is 0.0175. The van der Waals surface area contributed by atoms with E-state index in [1.54, 1.807) is 48.9 Å². The number of aryl methyl sites for hydroxylation is 1. The third-order valence-corrected chi connectivity index (χ3v) is 4.99. The van der Waals surface area contributed by atoms with Crippen LogP contribution in [0.3, 0.4) is 0 Å². The zero-order valence-corrected chi connectivity index (χ0v) is 18.0. The predicted molar refractivity (Wildman–Crippen MR) is 124 cm³/mol. The Labute approximate surface area is 189 Å². The number of carbonyl (C=O) groups excluding carboxylic acids is 1. The lowest BCUT2D eigenvalue weighted by Gasteiger charge is -2.14. The fourth-order valence-electron chi connectivity index (χ4n) is 3.19. The molecule has 0 saturated heterocycles. The molecule has 6 nitrogen and oxygen atoms in total. The fourth-order valence-corrected chi connectivity index (χ4v) is 3.19. The number of benzene rings is 2. The van der Waals surface area contributed by atoms with Gasteiger partial charge in [-0.25, -0.2) is 18.7 Å². The Balaban J connectivity index is 1.55. The van der Waals surface area contributed by atoms with E-state index in [2.05, 4.69) is 25.6 Å². The highest BCUT2D eigenvalue weighted by Gasteiger charge is 2.24. The number of aromatic nitrogens is 3. The molecule has 0 atom stereocenters. The highest BCUT2D eigenvalue weighted by Crippen LogP contribution is 2.29. The summed E-state index contributed by atoms with van der Waals surface area (Å²) in [6.45, 7) is 2.71. The monoisotopic (exact) mass is 445 g/mol. The SMILES string of the molecule is Cc1ccc(C(=O)Nc2cccc(C(C)(F)F)c2)cc1Nc1nccc(-c2cccnc2)n1. The van der Waals surface area contributed by atoms with Crippen LogP contribution in [0.15, 0.2) is 79.3 Å². The van der Waals surface area contributed by atoms with Crippen molar-refractivity contribution in [3.63, 3.8) is 0 Å². The Bertz CT molecular complexity index is 1290. The number of pyridine rings is 1. The first-order valence-corrected chi connectivity index (χ1v) is 10.2. The van der Waals surface area contributed by atoms with E-state index in [1.165, 1.54) is 18.2 Å². The van der Waals surface area contributed by atoms with Gasteiger partial charge in [0.25, 0.3) is 11.8 Å². The van der Waals surface area contributed by atoms with Crippen LogP contribution in [0.1, 0.15) is 28.4 Å². The van der Waals surface area contributed by atoms with Gasteiger partial charge in [0, 0.05) is 53.6 Å². The first-order valence-electron chi connectivity index (χ1n) is 10.2. The summed E-state index contributed by atoms with van der Waals surface area (Å²) in [5, 5.41) is 5.82. The van der Waals surface area contributed by atoms with E-state index in [1.807, 2.05) is 19.1 Å². The molecule has 2 aromatic carbocycles. The van der Waals surface area contributed by atoms with Gasteiger partial charge in [0.15, 0.2) is 0 Å². The molecule has 0 unspecified atom stereocenters. The second kappa shape index (κ2) is 9.12. The van der Waals surface area contributed by atoms with Crippen molar-refractivity contribution in [2.75, 3.05) is 10.6 Å². The topological polar surface area (TPSA) is 79.8 Å². The molecule has 8 heteroatoms. The smallest absolute Gasteiger partial charge is 0.270 e. The van der Waals surface area contributed by atoms with Crippen molar-refractivity contribution >= 4 is 23.2 Å². The van der Waals surface area contributed by atoms with Crippen LogP contribution in [-0.2, 0) is 5.92 Å². The first kappa shape index (κ1) is 22.0. The zero-order valence-electron chi connectivity index (χ0n) is 18.0. The minimum absolute atomic E-state index is 0.169. The van der Waals surface area contributed by atoms with E-state index < -0.39 is 11.8 Å². The average molecular weight is 445 g/mol. The minimum Gasteiger partial charge on any atom is -0.324 e. The van der Waals surface area contributed by atoms with Crippen molar-refractivity contribution in [1.82, 2.24) is 15.0 Å². The fraction of sp³-hybridized carbons (Fsp3) is 0.120. The maximum atomic E-state index is 13.6. The lowest BCUT2D eigenvalue weighted by atomic mass is 10.1. The van der Waals surface area contributed by atoms with Crippen molar-refractivity contribution in [2.24, 2.45) is 0 Å². The summed E-state index contributed by atoms with van der Waals surface area (Å²) >= 11 is 0. The molecule has 2 N–H and O–H groups in total. The molecule has 0 spiro atoms. The van der Waals surface area contributed by atoms with E-state index >= 15 is 0 Å². The van der Waals surface area contributed by atoms with Crippen LogP contribution in [0.25, 0.3) is 11.3 Å². The number of amides is 1. The molecule has 4 aromatic rings. The van der Waals surface area contributed by atoms with Crippen LogP contribution in [-0.4, -0.2) is 20.9 Å². The standard InChI is InChI=1S/C25H21F2N5O/c1-16-8-9-17(23(33)30-20-7-3-6-19(14-20)25(2,26)27)13-22(16)32-24-29-12-10-21(31-24)18-5-4-11-28-15-18/h3-15H,1-2H3,(H,30,33)(H,29,31,32). The summed E-state index contributed by atoms with van der Waals surface area (Å²) in [7, 11) is 0. The maximum absolute atomic E-state index is 13.6. The van der Waals surface area contributed by atoms with Crippen molar-refractivity contribution in [2.45, 2.75) is 19.8 Å². The Hall–Kier alpha value is -4.20. The van der Waals surface area contributed by atoms with Gasteiger partial charge in [-0.2, -0.15) is 0 Å². The average Bonchev–Trinajstić information content (AvgIpc) is 2.81. The second-order valence-corrected chi connectivity index (χ2v) is 7.59. The number of hydrogen-bond donors (Lipinski definition) is 2. The summed E-state index contributed by atoms with van der Waals surface area (Å²) in [4.78, 5) is 25.7. The third kappa shape index (κ3) is 5.35. The van der Waals surface area contributed by atoms with E-state index in [-0.39, 0.29) is 5.56 Å². The van der Waals surface area contributed by atoms with Gasteiger partial charge in [-0.15, -0.1) is 0 Å². The molecule has 2 heterocycles. The molecule has 166 valence electrons. The van der Waals surface area contributed by atoms with Crippen molar-refractivity contribution in [3.05, 3.63) is 95.9 Å². The van der Waals surface area contributed by atoms with Gasteiger partial charge in [-0.1, -0.05) is 18.2 Å². The molecule has 0 aliphatic carbocycles. The van der Waals surface area contributed by atoms with Gasteiger partial charge in [0.05, 0.1) is 5.69 Å². The normalized spacial score (nSPS) is 11.2. The Morgan fingerprint density at radius 3 is 2.61 bits per heavy atom. The van der Waals surface area contributed by atoms with Crippen molar-refractivity contribution in [1.29, 1.82) is 0 Å². The molecular weight excluding hydrogens is 424 g/mol. The number of rotatable bonds is 6. The molecule has 1 amide bonds. The molecule has 4 rings (SSSR count). The van der Waals surface area contributed by atoms with Crippen LogP contribution in [0.2, 0.25) is 0 Å². The van der Waals surface area contributed by atoms with Crippen LogP contribution in [0.5, 0.6) is 0 Å². The van der Waals surface area contributed by atoms with Crippen LogP contribution >= 0.6 is 0 Å². The zero-order chi connectivity index (χ0) is 23.4. The summed E-state index contributed by atoms with van der Waals surface area (Å²) in [6, 6.07) is 16.3. The number of nitrogens with one attached hydrogen (secondary N) is 2.